The molecule has 1 aliphatic rings. The van der Waals surface area contributed by atoms with Crippen LogP contribution in [0.25, 0.3) is 0 Å². The van der Waals surface area contributed by atoms with Crippen molar-refractivity contribution in [2.24, 2.45) is 0 Å². The number of para-hydroxylation sites is 1. The molecule has 6 heteroatoms. The van der Waals surface area contributed by atoms with Crippen molar-refractivity contribution in [3.8, 4) is 5.75 Å². The van der Waals surface area contributed by atoms with Crippen LogP contribution in [0.2, 0.25) is 0 Å². The zero-order valence-electron chi connectivity index (χ0n) is 15.7. The number of ether oxygens (including phenoxy) is 1. The molecule has 27 heavy (non-hydrogen) atoms. The van der Waals surface area contributed by atoms with Crippen LogP contribution in [-0.4, -0.2) is 61.6 Å². The van der Waals surface area contributed by atoms with E-state index in [-0.39, 0.29) is 18.1 Å². The summed E-state index contributed by atoms with van der Waals surface area (Å²) in [5.41, 5.74) is 1.07. The van der Waals surface area contributed by atoms with E-state index >= 15 is 0 Å². The number of carbonyl (C=O) groups excluding carboxylic acids is 1. The Hall–Kier alpha value is -2.44. The summed E-state index contributed by atoms with van der Waals surface area (Å²) in [6.45, 7) is 7.03. The summed E-state index contributed by atoms with van der Waals surface area (Å²) < 4.78 is 19.6. The van der Waals surface area contributed by atoms with Gasteiger partial charge in [0.15, 0.2) is 0 Å². The minimum Gasteiger partial charge on any atom is -0.492 e. The normalized spacial score (nSPS) is 15.5. The van der Waals surface area contributed by atoms with E-state index < -0.39 is 5.82 Å². The quantitative estimate of drug-likeness (QED) is 0.813. The fourth-order valence-electron chi connectivity index (χ4n) is 3.09. The van der Waals surface area contributed by atoms with Crippen molar-refractivity contribution in [3.63, 3.8) is 0 Å². The van der Waals surface area contributed by atoms with Crippen LogP contribution in [0.5, 0.6) is 5.75 Å². The lowest BCUT2D eigenvalue weighted by atomic mass is 10.2. The lowest BCUT2D eigenvalue weighted by Gasteiger charge is -2.34. The van der Waals surface area contributed by atoms with Gasteiger partial charge in [0.2, 0.25) is 5.91 Å². The van der Waals surface area contributed by atoms with E-state index in [1.165, 1.54) is 6.07 Å². The molecule has 0 radical (unpaired) electrons. The predicted octanol–water partition coefficient (Wildman–Crippen LogP) is 2.77. The molecule has 5 nitrogen and oxygen atoms in total. The zero-order chi connectivity index (χ0) is 19.1. The third-order valence-electron chi connectivity index (χ3n) is 4.65. The minimum absolute atomic E-state index is 0.182. The predicted molar refractivity (Wildman–Crippen MR) is 105 cm³/mol. The number of amides is 1. The molecule has 0 bridgehead atoms. The van der Waals surface area contributed by atoms with Gasteiger partial charge in [0.05, 0.1) is 12.2 Å². The maximum Gasteiger partial charge on any atom is 0.238 e. The van der Waals surface area contributed by atoms with Gasteiger partial charge in [-0.3, -0.25) is 14.6 Å². The maximum atomic E-state index is 13.8. The molecule has 0 saturated carbocycles. The van der Waals surface area contributed by atoms with Crippen molar-refractivity contribution >= 4 is 11.6 Å². The van der Waals surface area contributed by atoms with Crippen LogP contribution in [0.3, 0.4) is 0 Å². The van der Waals surface area contributed by atoms with Gasteiger partial charge >= 0.3 is 0 Å². The Balaban J connectivity index is 1.35. The number of piperazine rings is 1. The highest BCUT2D eigenvalue weighted by molar-refractivity contribution is 5.92. The number of aryl methyl sites for hydroxylation is 1. The average molecular weight is 371 g/mol. The number of anilines is 1. The number of hydrogen-bond donors (Lipinski definition) is 1. The van der Waals surface area contributed by atoms with Crippen molar-refractivity contribution in [1.82, 2.24) is 9.80 Å². The van der Waals surface area contributed by atoms with Crippen LogP contribution in [0.15, 0.2) is 48.5 Å². The van der Waals surface area contributed by atoms with Gasteiger partial charge in [0.25, 0.3) is 0 Å². The van der Waals surface area contributed by atoms with Crippen LogP contribution < -0.4 is 10.1 Å². The van der Waals surface area contributed by atoms with Gasteiger partial charge < -0.3 is 10.1 Å². The largest absolute Gasteiger partial charge is 0.492 e. The zero-order valence-corrected chi connectivity index (χ0v) is 15.7. The standard InChI is InChI=1S/C21H26FN3O2/c1-17-7-8-20(19(22)15-17)23-21(26)16-25-11-9-24(10-12-25)13-14-27-18-5-3-2-4-6-18/h2-8,15H,9-14,16H2,1H3,(H,23,26). The second-order valence-corrected chi connectivity index (χ2v) is 6.81. The molecule has 3 rings (SSSR count). The smallest absolute Gasteiger partial charge is 0.238 e. The molecule has 1 aliphatic heterocycles. The second-order valence-electron chi connectivity index (χ2n) is 6.81. The first-order chi connectivity index (χ1) is 13.1. The van der Waals surface area contributed by atoms with Gasteiger partial charge in [-0.25, -0.2) is 4.39 Å². The van der Waals surface area contributed by atoms with Crippen LogP contribution in [0.1, 0.15) is 5.56 Å². The SMILES string of the molecule is Cc1ccc(NC(=O)CN2CCN(CCOc3ccccc3)CC2)c(F)c1. The molecule has 1 N–H and O–H groups in total. The van der Waals surface area contributed by atoms with E-state index in [4.69, 9.17) is 4.74 Å². The molecule has 0 aromatic heterocycles. The first-order valence-electron chi connectivity index (χ1n) is 9.29. The van der Waals surface area contributed by atoms with Crippen LogP contribution in [0.4, 0.5) is 10.1 Å². The number of halogens is 1. The van der Waals surface area contributed by atoms with Crippen molar-refractivity contribution in [2.45, 2.75) is 6.92 Å². The average Bonchev–Trinajstić information content (AvgIpc) is 2.66. The summed E-state index contributed by atoms with van der Waals surface area (Å²) in [6, 6.07) is 14.6. The molecule has 2 aromatic rings. The Morgan fingerprint density at radius 1 is 1.07 bits per heavy atom. The van der Waals surface area contributed by atoms with E-state index in [1.54, 1.807) is 12.1 Å². The highest BCUT2D eigenvalue weighted by Crippen LogP contribution is 2.15. The molecular weight excluding hydrogens is 345 g/mol. The maximum absolute atomic E-state index is 13.8. The summed E-state index contributed by atoms with van der Waals surface area (Å²) in [6.07, 6.45) is 0. The van der Waals surface area contributed by atoms with Gasteiger partial charge in [-0.15, -0.1) is 0 Å². The lowest BCUT2D eigenvalue weighted by Crippen LogP contribution is -2.49. The number of nitrogens with one attached hydrogen (secondary N) is 1. The molecule has 0 unspecified atom stereocenters. The molecule has 144 valence electrons. The van der Waals surface area contributed by atoms with Crippen molar-refractivity contribution < 1.29 is 13.9 Å². The molecule has 1 amide bonds. The van der Waals surface area contributed by atoms with Crippen LogP contribution in [0, 0.1) is 12.7 Å². The number of carbonyl (C=O) groups is 1. The summed E-state index contributed by atoms with van der Waals surface area (Å²) >= 11 is 0. The van der Waals surface area contributed by atoms with Gasteiger partial charge in [-0.2, -0.15) is 0 Å². The van der Waals surface area contributed by atoms with E-state index in [1.807, 2.05) is 37.3 Å². The summed E-state index contributed by atoms with van der Waals surface area (Å²) in [4.78, 5) is 16.6. The fourth-order valence-corrected chi connectivity index (χ4v) is 3.09. The molecule has 1 fully saturated rings. The van der Waals surface area contributed by atoms with Gasteiger partial charge in [0, 0.05) is 32.7 Å². The summed E-state index contributed by atoms with van der Waals surface area (Å²) in [7, 11) is 0. The highest BCUT2D eigenvalue weighted by atomic mass is 19.1. The molecule has 1 saturated heterocycles. The monoisotopic (exact) mass is 371 g/mol. The Morgan fingerprint density at radius 2 is 1.78 bits per heavy atom. The number of nitrogens with zero attached hydrogens (tertiary/aromatic N) is 2. The Morgan fingerprint density at radius 3 is 2.48 bits per heavy atom. The number of rotatable bonds is 7. The van der Waals surface area contributed by atoms with Gasteiger partial charge in [-0.1, -0.05) is 24.3 Å². The molecule has 0 spiro atoms. The van der Waals surface area contributed by atoms with Crippen molar-refractivity contribution in [3.05, 3.63) is 59.9 Å². The molecule has 0 atom stereocenters. The lowest BCUT2D eigenvalue weighted by molar-refractivity contribution is -0.117. The molecule has 1 heterocycles. The minimum atomic E-state index is -0.397. The number of hydrogen-bond acceptors (Lipinski definition) is 4. The Labute approximate surface area is 159 Å². The van der Waals surface area contributed by atoms with Crippen molar-refractivity contribution in [2.75, 3.05) is 51.2 Å². The van der Waals surface area contributed by atoms with Crippen molar-refractivity contribution in [1.29, 1.82) is 0 Å². The first-order valence-corrected chi connectivity index (χ1v) is 9.29. The van der Waals surface area contributed by atoms with E-state index in [0.29, 0.717) is 6.61 Å². The van der Waals surface area contributed by atoms with Crippen LogP contribution >= 0.6 is 0 Å². The highest BCUT2D eigenvalue weighted by Gasteiger charge is 2.19. The van der Waals surface area contributed by atoms with E-state index in [2.05, 4.69) is 15.1 Å². The molecule has 0 aliphatic carbocycles. The van der Waals surface area contributed by atoms with Gasteiger partial charge in [0.1, 0.15) is 18.2 Å². The summed E-state index contributed by atoms with van der Waals surface area (Å²) in [5, 5.41) is 2.66. The fraction of sp³-hybridized carbons (Fsp3) is 0.381. The molecule has 2 aromatic carbocycles. The van der Waals surface area contributed by atoms with E-state index in [9.17, 15) is 9.18 Å². The van der Waals surface area contributed by atoms with E-state index in [0.717, 1.165) is 44.0 Å². The van der Waals surface area contributed by atoms with Gasteiger partial charge in [-0.05, 0) is 36.8 Å². The Bertz CT molecular complexity index is 746. The molecular formula is C21H26FN3O2. The summed E-state index contributed by atoms with van der Waals surface area (Å²) in [5.74, 6) is 0.307. The second kappa shape index (κ2) is 9.48. The first kappa shape index (κ1) is 19.3. The van der Waals surface area contributed by atoms with Crippen LogP contribution in [-0.2, 0) is 4.79 Å². The topological polar surface area (TPSA) is 44.8 Å². The number of benzene rings is 2. The third kappa shape index (κ3) is 6.05. The third-order valence-corrected chi connectivity index (χ3v) is 4.65. The Kier molecular flexibility index (Phi) is 6.79.